The van der Waals surface area contributed by atoms with Crippen LogP contribution in [0.15, 0.2) is 42.5 Å². The maximum atomic E-state index is 12.4. The first-order valence-electron chi connectivity index (χ1n) is 10.4. The fourth-order valence-electron chi connectivity index (χ4n) is 4.41. The van der Waals surface area contributed by atoms with Crippen molar-refractivity contribution in [1.82, 2.24) is 4.90 Å². The molecule has 1 atom stereocenters. The van der Waals surface area contributed by atoms with Crippen LogP contribution in [0.4, 0.5) is 5.69 Å². The second-order valence-electron chi connectivity index (χ2n) is 7.92. The molecule has 1 aliphatic heterocycles. The van der Waals surface area contributed by atoms with Crippen molar-refractivity contribution in [3.63, 3.8) is 0 Å². The van der Waals surface area contributed by atoms with Crippen molar-refractivity contribution in [3.05, 3.63) is 42.5 Å². The molecule has 2 aromatic carbocycles. The van der Waals surface area contributed by atoms with Crippen LogP contribution in [0.3, 0.4) is 0 Å². The molecule has 1 N–H and O–H groups in total. The number of benzene rings is 2. The van der Waals surface area contributed by atoms with Crippen molar-refractivity contribution in [2.45, 2.75) is 44.6 Å². The van der Waals surface area contributed by atoms with E-state index in [1.54, 1.807) is 0 Å². The Kier molecular flexibility index (Phi) is 5.79. The van der Waals surface area contributed by atoms with E-state index in [1.807, 2.05) is 47.4 Å². The van der Waals surface area contributed by atoms with Gasteiger partial charge in [0.2, 0.25) is 5.91 Å². The Balaban J connectivity index is 1.30. The van der Waals surface area contributed by atoms with Gasteiger partial charge in [0.1, 0.15) is 0 Å². The number of anilines is 1. The fraction of sp³-hybridized carbons (Fsp3) is 0.435. The van der Waals surface area contributed by atoms with Crippen LogP contribution < -0.4 is 5.32 Å². The first kappa shape index (κ1) is 19.4. The van der Waals surface area contributed by atoms with E-state index in [-0.39, 0.29) is 30.9 Å². The largest absolute Gasteiger partial charge is 0.455 e. The summed E-state index contributed by atoms with van der Waals surface area (Å²) in [5, 5.41) is 4.76. The molecule has 1 aliphatic carbocycles. The third-order valence-corrected chi connectivity index (χ3v) is 5.92. The van der Waals surface area contributed by atoms with E-state index in [9.17, 15) is 14.4 Å². The van der Waals surface area contributed by atoms with E-state index in [1.165, 1.54) is 6.42 Å². The smallest absolute Gasteiger partial charge is 0.311 e. The minimum Gasteiger partial charge on any atom is -0.455 e. The maximum absolute atomic E-state index is 12.4. The number of fused-ring (bicyclic) bond motifs is 1. The average molecular weight is 394 g/mol. The van der Waals surface area contributed by atoms with Crippen molar-refractivity contribution in [2.75, 3.05) is 18.5 Å². The second-order valence-corrected chi connectivity index (χ2v) is 7.92. The van der Waals surface area contributed by atoms with Crippen LogP contribution in [0.1, 0.15) is 38.5 Å². The predicted octanol–water partition coefficient (Wildman–Crippen LogP) is 3.50. The number of amides is 2. The molecule has 4 rings (SSSR count). The molecule has 2 aromatic rings. The summed E-state index contributed by atoms with van der Waals surface area (Å²) in [4.78, 5) is 38.9. The SMILES string of the molecule is O=C(COC(=O)[C@@H]1CC(=O)N(C2CCCCC2)C1)Nc1cccc2ccccc12. The zero-order valence-electron chi connectivity index (χ0n) is 16.4. The van der Waals surface area contributed by atoms with Gasteiger partial charge in [0.15, 0.2) is 6.61 Å². The molecule has 29 heavy (non-hydrogen) atoms. The molecular formula is C23H26N2O4. The molecule has 1 saturated carbocycles. The summed E-state index contributed by atoms with van der Waals surface area (Å²) < 4.78 is 5.23. The fourth-order valence-corrected chi connectivity index (χ4v) is 4.41. The topological polar surface area (TPSA) is 75.7 Å². The molecule has 0 radical (unpaired) electrons. The first-order valence-corrected chi connectivity index (χ1v) is 10.4. The number of nitrogens with zero attached hydrogens (tertiary/aromatic N) is 1. The number of hydrogen-bond donors (Lipinski definition) is 1. The Bertz CT molecular complexity index is 915. The number of nitrogens with one attached hydrogen (secondary N) is 1. The zero-order chi connectivity index (χ0) is 20.2. The molecule has 1 heterocycles. The number of carbonyl (C=O) groups is 3. The highest BCUT2D eigenvalue weighted by atomic mass is 16.5. The number of ether oxygens (including phenoxy) is 1. The Labute approximate surface area is 170 Å². The highest BCUT2D eigenvalue weighted by Gasteiger charge is 2.39. The van der Waals surface area contributed by atoms with Gasteiger partial charge in [-0.2, -0.15) is 0 Å². The Morgan fingerprint density at radius 2 is 1.79 bits per heavy atom. The third kappa shape index (κ3) is 4.42. The molecule has 6 nitrogen and oxygen atoms in total. The Morgan fingerprint density at radius 3 is 2.62 bits per heavy atom. The predicted molar refractivity (Wildman–Crippen MR) is 110 cm³/mol. The van der Waals surface area contributed by atoms with Gasteiger partial charge in [0.05, 0.1) is 5.92 Å². The van der Waals surface area contributed by atoms with Crippen molar-refractivity contribution >= 4 is 34.2 Å². The van der Waals surface area contributed by atoms with Crippen molar-refractivity contribution in [2.24, 2.45) is 5.92 Å². The summed E-state index contributed by atoms with van der Waals surface area (Å²) >= 11 is 0. The number of esters is 1. The number of likely N-dealkylation sites (tertiary alicyclic amines) is 1. The molecule has 0 bridgehead atoms. The summed E-state index contributed by atoms with van der Waals surface area (Å²) in [5.74, 6) is -1.30. The second kappa shape index (κ2) is 8.64. The number of rotatable bonds is 5. The van der Waals surface area contributed by atoms with Gasteiger partial charge in [0.25, 0.3) is 5.91 Å². The first-order chi connectivity index (χ1) is 14.1. The average Bonchev–Trinajstić information content (AvgIpc) is 3.15. The van der Waals surface area contributed by atoms with Gasteiger partial charge in [-0.1, -0.05) is 55.7 Å². The summed E-state index contributed by atoms with van der Waals surface area (Å²) in [5.41, 5.74) is 0.684. The summed E-state index contributed by atoms with van der Waals surface area (Å²) in [6, 6.07) is 13.7. The molecule has 1 saturated heterocycles. The Morgan fingerprint density at radius 1 is 1.03 bits per heavy atom. The van der Waals surface area contributed by atoms with Gasteiger partial charge in [0, 0.05) is 30.1 Å². The van der Waals surface area contributed by atoms with E-state index >= 15 is 0 Å². The lowest BCUT2D eigenvalue weighted by molar-refractivity contribution is -0.151. The van der Waals surface area contributed by atoms with Crippen LogP contribution in [0.2, 0.25) is 0 Å². The highest BCUT2D eigenvalue weighted by molar-refractivity contribution is 6.02. The molecular weight excluding hydrogens is 368 g/mol. The van der Waals surface area contributed by atoms with Crippen molar-refractivity contribution in [1.29, 1.82) is 0 Å². The molecule has 0 aromatic heterocycles. The Hall–Kier alpha value is -2.89. The minimum absolute atomic E-state index is 0.0269. The lowest BCUT2D eigenvalue weighted by Gasteiger charge is -2.31. The molecule has 0 spiro atoms. The van der Waals surface area contributed by atoms with Gasteiger partial charge in [-0.3, -0.25) is 14.4 Å². The number of hydrogen-bond acceptors (Lipinski definition) is 4. The van der Waals surface area contributed by atoms with E-state index in [4.69, 9.17) is 4.74 Å². The van der Waals surface area contributed by atoms with Crippen LogP contribution in [0, 0.1) is 5.92 Å². The van der Waals surface area contributed by atoms with Crippen LogP contribution in [-0.2, 0) is 19.1 Å². The van der Waals surface area contributed by atoms with Crippen molar-refractivity contribution < 1.29 is 19.1 Å². The molecule has 0 unspecified atom stereocenters. The molecule has 2 aliphatic rings. The lowest BCUT2D eigenvalue weighted by atomic mass is 9.94. The van der Waals surface area contributed by atoms with Gasteiger partial charge in [-0.25, -0.2) is 0 Å². The minimum atomic E-state index is -0.477. The van der Waals surface area contributed by atoms with Crippen LogP contribution in [-0.4, -0.2) is 41.9 Å². The lowest BCUT2D eigenvalue weighted by Crippen LogP contribution is -2.38. The molecule has 152 valence electrons. The van der Waals surface area contributed by atoms with Crippen LogP contribution in [0.5, 0.6) is 0 Å². The quantitative estimate of drug-likeness (QED) is 0.788. The van der Waals surface area contributed by atoms with Gasteiger partial charge >= 0.3 is 5.97 Å². The zero-order valence-corrected chi connectivity index (χ0v) is 16.4. The van der Waals surface area contributed by atoms with Gasteiger partial charge in [-0.15, -0.1) is 0 Å². The number of carbonyl (C=O) groups excluding carboxylic acids is 3. The van der Waals surface area contributed by atoms with E-state index in [2.05, 4.69) is 5.32 Å². The van der Waals surface area contributed by atoms with Crippen molar-refractivity contribution in [3.8, 4) is 0 Å². The summed E-state index contributed by atoms with van der Waals surface area (Å²) in [6.07, 6.45) is 5.70. The molecule has 2 fully saturated rings. The molecule has 2 amide bonds. The third-order valence-electron chi connectivity index (χ3n) is 5.92. The summed E-state index contributed by atoms with van der Waals surface area (Å²) in [7, 11) is 0. The highest BCUT2D eigenvalue weighted by Crippen LogP contribution is 2.29. The standard InChI is InChI=1S/C23H26N2O4/c26-21(24-20-12-6-8-16-7-4-5-11-19(16)20)15-29-23(28)17-13-22(27)25(14-17)18-9-2-1-3-10-18/h4-8,11-12,17-18H,1-3,9-10,13-15H2,(H,24,26)/t17-/m1/s1. The van der Waals surface area contributed by atoms with Crippen LogP contribution >= 0.6 is 0 Å². The van der Waals surface area contributed by atoms with Gasteiger partial charge in [-0.05, 0) is 24.3 Å². The van der Waals surface area contributed by atoms with Gasteiger partial charge < -0.3 is 15.0 Å². The molecule has 6 heteroatoms. The van der Waals surface area contributed by atoms with E-state index in [0.29, 0.717) is 12.2 Å². The normalized spacial score (nSPS) is 20.1. The van der Waals surface area contributed by atoms with E-state index in [0.717, 1.165) is 36.5 Å². The van der Waals surface area contributed by atoms with E-state index < -0.39 is 11.9 Å². The van der Waals surface area contributed by atoms with Crippen LogP contribution in [0.25, 0.3) is 10.8 Å². The maximum Gasteiger partial charge on any atom is 0.311 e. The summed E-state index contributed by atoms with van der Waals surface area (Å²) in [6.45, 7) is 0.0590. The monoisotopic (exact) mass is 394 g/mol.